The van der Waals surface area contributed by atoms with Gasteiger partial charge in [-0.1, -0.05) is 48.4 Å². The van der Waals surface area contributed by atoms with Crippen molar-refractivity contribution in [3.05, 3.63) is 53.9 Å². The van der Waals surface area contributed by atoms with Gasteiger partial charge in [-0.3, -0.25) is 4.79 Å². The number of amides is 1. The lowest BCUT2D eigenvalue weighted by Crippen LogP contribution is -2.30. The minimum atomic E-state index is 0.0736. The molecule has 1 aromatic carbocycles. The lowest BCUT2D eigenvalue weighted by molar-refractivity contribution is -0.125. The average molecular weight is 310 g/mol. The van der Waals surface area contributed by atoms with Crippen molar-refractivity contribution in [1.82, 2.24) is 19.9 Å². The Labute approximate surface area is 136 Å². The van der Waals surface area contributed by atoms with E-state index in [2.05, 4.69) is 22.4 Å². The standard InChI is InChI=1S/C18H22N4O/c23-18(21-12-6-1-2-7-13-21)11-10-17-15-22(20-19-17)14-16-8-4-3-5-9-16/h3-5,8-11,15H,1-2,6-7,12-14H2/b11-10+. The first kappa shape index (κ1) is 15.5. The van der Waals surface area contributed by atoms with E-state index in [1.54, 1.807) is 16.8 Å². The Morgan fingerprint density at radius 3 is 2.57 bits per heavy atom. The lowest BCUT2D eigenvalue weighted by Gasteiger charge is -2.17. The van der Waals surface area contributed by atoms with Gasteiger partial charge in [0.2, 0.25) is 5.91 Å². The third kappa shape index (κ3) is 4.52. The fraction of sp³-hybridized carbons (Fsp3) is 0.389. The summed E-state index contributed by atoms with van der Waals surface area (Å²) in [4.78, 5) is 14.1. The summed E-state index contributed by atoms with van der Waals surface area (Å²) in [7, 11) is 0. The maximum atomic E-state index is 12.2. The van der Waals surface area contributed by atoms with Gasteiger partial charge >= 0.3 is 0 Å². The highest BCUT2D eigenvalue weighted by molar-refractivity contribution is 5.91. The van der Waals surface area contributed by atoms with Crippen LogP contribution in [0.3, 0.4) is 0 Å². The molecule has 5 nitrogen and oxygen atoms in total. The SMILES string of the molecule is O=C(/C=C/c1cn(Cc2ccccc2)nn1)N1CCCCCC1. The van der Waals surface area contributed by atoms with Crippen molar-refractivity contribution in [2.45, 2.75) is 32.2 Å². The Kier molecular flexibility index (Phi) is 5.19. The molecule has 0 bridgehead atoms. The molecule has 1 fully saturated rings. The highest BCUT2D eigenvalue weighted by Crippen LogP contribution is 2.10. The van der Waals surface area contributed by atoms with Gasteiger partial charge in [0.05, 0.1) is 12.7 Å². The highest BCUT2D eigenvalue weighted by atomic mass is 16.2. The van der Waals surface area contributed by atoms with Crippen LogP contribution >= 0.6 is 0 Å². The molecule has 1 aliphatic heterocycles. The number of likely N-dealkylation sites (tertiary alicyclic amines) is 1. The van der Waals surface area contributed by atoms with Crippen molar-refractivity contribution in [3.63, 3.8) is 0 Å². The molecular formula is C18H22N4O. The van der Waals surface area contributed by atoms with Crippen LogP contribution in [0.15, 0.2) is 42.6 Å². The van der Waals surface area contributed by atoms with Crippen LogP contribution in [-0.4, -0.2) is 38.9 Å². The summed E-state index contributed by atoms with van der Waals surface area (Å²) in [6.07, 6.45) is 9.88. The maximum absolute atomic E-state index is 12.2. The first-order chi connectivity index (χ1) is 11.3. The van der Waals surface area contributed by atoms with E-state index < -0.39 is 0 Å². The molecule has 2 aromatic rings. The first-order valence-electron chi connectivity index (χ1n) is 8.22. The Balaban J connectivity index is 1.58. The highest BCUT2D eigenvalue weighted by Gasteiger charge is 2.12. The van der Waals surface area contributed by atoms with E-state index in [0.717, 1.165) is 25.9 Å². The lowest BCUT2D eigenvalue weighted by atomic mass is 10.2. The number of hydrogen-bond donors (Lipinski definition) is 0. The summed E-state index contributed by atoms with van der Waals surface area (Å²) in [6, 6.07) is 10.1. The first-order valence-corrected chi connectivity index (χ1v) is 8.22. The van der Waals surface area contributed by atoms with Crippen molar-refractivity contribution in [2.75, 3.05) is 13.1 Å². The molecule has 3 rings (SSSR count). The molecule has 1 saturated heterocycles. The number of rotatable bonds is 4. The fourth-order valence-electron chi connectivity index (χ4n) is 2.79. The van der Waals surface area contributed by atoms with Gasteiger partial charge < -0.3 is 4.90 Å². The van der Waals surface area contributed by atoms with Crippen LogP contribution in [0, 0.1) is 0 Å². The number of hydrogen-bond acceptors (Lipinski definition) is 3. The largest absolute Gasteiger partial charge is 0.339 e. The van der Waals surface area contributed by atoms with Crippen molar-refractivity contribution in [3.8, 4) is 0 Å². The predicted molar refractivity (Wildman–Crippen MR) is 89.6 cm³/mol. The average Bonchev–Trinajstić information content (AvgIpc) is 2.84. The number of nitrogens with zero attached hydrogens (tertiary/aromatic N) is 4. The molecule has 0 unspecified atom stereocenters. The van der Waals surface area contributed by atoms with Crippen LogP contribution in [0.1, 0.15) is 36.9 Å². The van der Waals surface area contributed by atoms with E-state index >= 15 is 0 Å². The molecule has 120 valence electrons. The minimum absolute atomic E-state index is 0.0736. The van der Waals surface area contributed by atoms with Gasteiger partial charge in [-0.25, -0.2) is 4.68 Å². The number of carbonyl (C=O) groups is 1. The maximum Gasteiger partial charge on any atom is 0.246 e. The van der Waals surface area contributed by atoms with Crippen molar-refractivity contribution < 1.29 is 4.79 Å². The molecule has 2 heterocycles. The zero-order chi connectivity index (χ0) is 15.9. The Morgan fingerprint density at radius 2 is 1.83 bits per heavy atom. The number of benzene rings is 1. The molecule has 1 aliphatic rings. The molecule has 0 N–H and O–H groups in total. The second kappa shape index (κ2) is 7.72. The van der Waals surface area contributed by atoms with Crippen LogP contribution in [0.5, 0.6) is 0 Å². The smallest absolute Gasteiger partial charge is 0.246 e. The third-order valence-corrected chi connectivity index (χ3v) is 4.06. The molecule has 23 heavy (non-hydrogen) atoms. The Hall–Kier alpha value is -2.43. The molecule has 0 saturated carbocycles. The van der Waals surface area contributed by atoms with Crippen molar-refractivity contribution in [1.29, 1.82) is 0 Å². The quantitative estimate of drug-likeness (QED) is 0.816. The topological polar surface area (TPSA) is 51.0 Å². The Bertz CT molecular complexity index is 655. The molecular weight excluding hydrogens is 288 g/mol. The van der Waals surface area contributed by atoms with Crippen LogP contribution in [0.2, 0.25) is 0 Å². The molecule has 1 amide bonds. The van der Waals surface area contributed by atoms with Crippen molar-refractivity contribution in [2.24, 2.45) is 0 Å². The van der Waals surface area contributed by atoms with Gasteiger partial charge in [0.1, 0.15) is 5.69 Å². The molecule has 0 atom stereocenters. The second-order valence-corrected chi connectivity index (χ2v) is 5.90. The number of carbonyl (C=O) groups excluding carboxylic acids is 1. The summed E-state index contributed by atoms with van der Waals surface area (Å²) in [5.41, 5.74) is 1.89. The van der Waals surface area contributed by atoms with Gasteiger partial charge in [-0.05, 0) is 24.5 Å². The summed E-state index contributed by atoms with van der Waals surface area (Å²) in [6.45, 7) is 2.41. The molecule has 0 aliphatic carbocycles. The second-order valence-electron chi connectivity index (χ2n) is 5.90. The van der Waals surface area contributed by atoms with Gasteiger partial charge in [0.15, 0.2) is 0 Å². The van der Waals surface area contributed by atoms with Crippen LogP contribution < -0.4 is 0 Å². The summed E-state index contributed by atoms with van der Waals surface area (Å²) in [5, 5.41) is 8.21. The molecule has 5 heteroatoms. The minimum Gasteiger partial charge on any atom is -0.339 e. The van der Waals surface area contributed by atoms with Gasteiger partial charge in [0, 0.05) is 19.2 Å². The van der Waals surface area contributed by atoms with Crippen molar-refractivity contribution >= 4 is 12.0 Å². The normalized spacial score (nSPS) is 15.7. The van der Waals surface area contributed by atoms with E-state index in [1.165, 1.54) is 18.4 Å². The molecule has 1 aromatic heterocycles. The van der Waals surface area contributed by atoms with Gasteiger partial charge in [0.25, 0.3) is 0 Å². The predicted octanol–water partition coefficient (Wildman–Crippen LogP) is 2.74. The van der Waals surface area contributed by atoms with Crippen LogP contribution in [0.4, 0.5) is 0 Å². The summed E-state index contributed by atoms with van der Waals surface area (Å²) >= 11 is 0. The monoisotopic (exact) mass is 310 g/mol. The van der Waals surface area contributed by atoms with E-state index in [9.17, 15) is 4.79 Å². The van der Waals surface area contributed by atoms with Crippen LogP contribution in [0.25, 0.3) is 6.08 Å². The van der Waals surface area contributed by atoms with E-state index in [1.807, 2.05) is 29.3 Å². The molecule has 0 radical (unpaired) electrons. The zero-order valence-corrected chi connectivity index (χ0v) is 13.3. The Morgan fingerprint density at radius 1 is 1.09 bits per heavy atom. The van der Waals surface area contributed by atoms with E-state index in [0.29, 0.717) is 12.2 Å². The summed E-state index contributed by atoms with van der Waals surface area (Å²) in [5.74, 6) is 0.0736. The molecule has 0 spiro atoms. The van der Waals surface area contributed by atoms with Gasteiger partial charge in [-0.2, -0.15) is 0 Å². The third-order valence-electron chi connectivity index (χ3n) is 4.06. The number of aromatic nitrogens is 3. The van der Waals surface area contributed by atoms with E-state index in [-0.39, 0.29) is 5.91 Å². The fourth-order valence-corrected chi connectivity index (χ4v) is 2.79. The van der Waals surface area contributed by atoms with Crippen LogP contribution in [-0.2, 0) is 11.3 Å². The van der Waals surface area contributed by atoms with E-state index in [4.69, 9.17) is 0 Å². The summed E-state index contributed by atoms with van der Waals surface area (Å²) < 4.78 is 1.78. The zero-order valence-electron chi connectivity index (χ0n) is 13.3. The van der Waals surface area contributed by atoms with Gasteiger partial charge in [-0.15, -0.1) is 5.10 Å².